The molecule has 0 radical (unpaired) electrons. The lowest BCUT2D eigenvalue weighted by molar-refractivity contribution is 0.121. The van der Waals surface area contributed by atoms with E-state index in [-0.39, 0.29) is 0 Å². The summed E-state index contributed by atoms with van der Waals surface area (Å²) >= 11 is 0. The summed E-state index contributed by atoms with van der Waals surface area (Å²) in [5, 5.41) is 4.26. The van der Waals surface area contributed by atoms with Gasteiger partial charge >= 0.3 is 0 Å². The van der Waals surface area contributed by atoms with Gasteiger partial charge in [0.05, 0.1) is 13.2 Å². The summed E-state index contributed by atoms with van der Waals surface area (Å²) in [5.74, 6) is 2.62. The van der Waals surface area contributed by atoms with Crippen LogP contribution in [-0.2, 0) is 13.1 Å². The van der Waals surface area contributed by atoms with Crippen molar-refractivity contribution in [1.82, 2.24) is 19.7 Å². The SMILES string of the molecule is CCn1ncnc1CN1CCC[C@@H](COc2ccc(C)cc2)C1. The minimum Gasteiger partial charge on any atom is -0.493 e. The molecule has 2 heterocycles. The molecule has 124 valence electrons. The summed E-state index contributed by atoms with van der Waals surface area (Å²) < 4.78 is 7.95. The molecule has 5 heteroatoms. The molecule has 0 aliphatic carbocycles. The maximum atomic E-state index is 5.97. The molecule has 1 aromatic heterocycles. The summed E-state index contributed by atoms with van der Waals surface area (Å²) in [6.45, 7) is 8.96. The van der Waals surface area contributed by atoms with E-state index in [9.17, 15) is 0 Å². The lowest BCUT2D eigenvalue weighted by Crippen LogP contribution is -2.37. The Hall–Kier alpha value is -1.88. The van der Waals surface area contributed by atoms with Crippen LogP contribution in [0.5, 0.6) is 5.75 Å². The number of aryl methyl sites for hydroxylation is 2. The van der Waals surface area contributed by atoms with Gasteiger partial charge in [0.2, 0.25) is 0 Å². The Morgan fingerprint density at radius 3 is 2.87 bits per heavy atom. The number of hydrogen-bond acceptors (Lipinski definition) is 4. The maximum absolute atomic E-state index is 5.97. The van der Waals surface area contributed by atoms with Gasteiger partial charge < -0.3 is 4.74 Å². The standard InChI is InChI=1S/C18H26N4O/c1-3-22-18(19-14-20-22)12-21-10-4-5-16(11-21)13-23-17-8-6-15(2)7-9-17/h6-9,14,16H,3-5,10-13H2,1-2H3/t16-/m1/s1. The Morgan fingerprint density at radius 1 is 1.26 bits per heavy atom. The van der Waals surface area contributed by atoms with Crippen molar-refractivity contribution in [2.75, 3.05) is 19.7 Å². The fourth-order valence-corrected chi connectivity index (χ4v) is 3.15. The van der Waals surface area contributed by atoms with Gasteiger partial charge in [0.15, 0.2) is 0 Å². The third-order valence-electron chi connectivity index (χ3n) is 4.47. The molecular weight excluding hydrogens is 288 g/mol. The zero-order chi connectivity index (χ0) is 16.1. The van der Waals surface area contributed by atoms with Crippen LogP contribution in [0, 0.1) is 12.8 Å². The lowest BCUT2D eigenvalue weighted by atomic mass is 9.99. The summed E-state index contributed by atoms with van der Waals surface area (Å²) in [7, 11) is 0. The molecular formula is C18H26N4O. The molecule has 1 fully saturated rings. The molecule has 1 aromatic carbocycles. The van der Waals surface area contributed by atoms with E-state index >= 15 is 0 Å². The highest BCUT2D eigenvalue weighted by molar-refractivity contribution is 5.26. The normalized spacial score (nSPS) is 19.0. The molecule has 0 amide bonds. The number of benzene rings is 1. The number of rotatable bonds is 6. The van der Waals surface area contributed by atoms with E-state index in [0.717, 1.165) is 44.4 Å². The number of piperidine rings is 1. The Morgan fingerprint density at radius 2 is 2.09 bits per heavy atom. The topological polar surface area (TPSA) is 43.2 Å². The summed E-state index contributed by atoms with van der Waals surface area (Å²) in [5.41, 5.74) is 1.27. The maximum Gasteiger partial charge on any atom is 0.140 e. The molecule has 0 spiro atoms. The van der Waals surface area contributed by atoms with E-state index < -0.39 is 0 Å². The molecule has 2 aromatic rings. The van der Waals surface area contributed by atoms with E-state index in [2.05, 4.69) is 53.1 Å². The van der Waals surface area contributed by atoms with Crippen LogP contribution in [0.4, 0.5) is 0 Å². The van der Waals surface area contributed by atoms with Gasteiger partial charge in [0.25, 0.3) is 0 Å². The van der Waals surface area contributed by atoms with Gasteiger partial charge in [-0.2, -0.15) is 5.10 Å². The number of nitrogens with zero attached hydrogens (tertiary/aromatic N) is 4. The zero-order valence-electron chi connectivity index (χ0n) is 14.1. The third-order valence-corrected chi connectivity index (χ3v) is 4.47. The van der Waals surface area contributed by atoms with Crippen LogP contribution in [0.2, 0.25) is 0 Å². The van der Waals surface area contributed by atoms with Gasteiger partial charge in [-0.25, -0.2) is 9.67 Å². The lowest BCUT2D eigenvalue weighted by Gasteiger charge is -2.32. The molecule has 0 N–H and O–H groups in total. The van der Waals surface area contributed by atoms with E-state index in [1.165, 1.54) is 18.4 Å². The van der Waals surface area contributed by atoms with Gasteiger partial charge in [0.1, 0.15) is 17.9 Å². The first-order valence-corrected chi connectivity index (χ1v) is 8.53. The van der Waals surface area contributed by atoms with Gasteiger partial charge in [-0.1, -0.05) is 17.7 Å². The quantitative estimate of drug-likeness (QED) is 0.822. The molecule has 1 atom stereocenters. The van der Waals surface area contributed by atoms with Crippen molar-refractivity contribution in [3.05, 3.63) is 42.0 Å². The first-order valence-electron chi connectivity index (χ1n) is 8.53. The van der Waals surface area contributed by atoms with E-state index in [0.29, 0.717) is 5.92 Å². The molecule has 0 saturated carbocycles. The highest BCUT2D eigenvalue weighted by Gasteiger charge is 2.21. The molecule has 5 nitrogen and oxygen atoms in total. The number of aromatic nitrogens is 3. The smallest absolute Gasteiger partial charge is 0.140 e. The molecule has 3 rings (SSSR count). The van der Waals surface area contributed by atoms with Crippen molar-refractivity contribution in [3.8, 4) is 5.75 Å². The average molecular weight is 314 g/mol. The van der Waals surface area contributed by atoms with Crippen molar-refractivity contribution in [2.24, 2.45) is 5.92 Å². The third kappa shape index (κ3) is 4.32. The van der Waals surface area contributed by atoms with Gasteiger partial charge in [0, 0.05) is 19.0 Å². The Labute approximate surface area is 138 Å². The van der Waals surface area contributed by atoms with Crippen LogP contribution in [-0.4, -0.2) is 39.4 Å². The largest absolute Gasteiger partial charge is 0.493 e. The predicted octanol–water partition coefficient (Wildman–Crippen LogP) is 2.90. The van der Waals surface area contributed by atoms with Gasteiger partial charge in [-0.15, -0.1) is 0 Å². The highest BCUT2D eigenvalue weighted by atomic mass is 16.5. The highest BCUT2D eigenvalue weighted by Crippen LogP contribution is 2.20. The monoisotopic (exact) mass is 314 g/mol. The van der Waals surface area contributed by atoms with Crippen molar-refractivity contribution >= 4 is 0 Å². The first-order chi connectivity index (χ1) is 11.2. The van der Waals surface area contributed by atoms with Crippen molar-refractivity contribution in [3.63, 3.8) is 0 Å². The van der Waals surface area contributed by atoms with Crippen molar-refractivity contribution < 1.29 is 4.74 Å². The van der Waals surface area contributed by atoms with Crippen LogP contribution >= 0.6 is 0 Å². The molecule has 1 aliphatic heterocycles. The van der Waals surface area contributed by atoms with Gasteiger partial charge in [-0.3, -0.25) is 4.90 Å². The van der Waals surface area contributed by atoms with Crippen LogP contribution in [0.3, 0.4) is 0 Å². The Kier molecular flexibility index (Phi) is 5.28. The fraction of sp³-hybridized carbons (Fsp3) is 0.556. The average Bonchev–Trinajstić information content (AvgIpc) is 3.02. The van der Waals surface area contributed by atoms with Gasteiger partial charge in [-0.05, 0) is 45.4 Å². The molecule has 0 unspecified atom stereocenters. The van der Waals surface area contributed by atoms with Crippen LogP contribution in [0.15, 0.2) is 30.6 Å². The second-order valence-corrected chi connectivity index (χ2v) is 6.36. The molecule has 0 bridgehead atoms. The van der Waals surface area contributed by atoms with Crippen LogP contribution in [0.1, 0.15) is 31.2 Å². The second kappa shape index (κ2) is 7.59. The minimum absolute atomic E-state index is 0.586. The minimum atomic E-state index is 0.586. The first kappa shape index (κ1) is 16.0. The fourth-order valence-electron chi connectivity index (χ4n) is 3.15. The zero-order valence-corrected chi connectivity index (χ0v) is 14.1. The Bertz CT molecular complexity index is 608. The summed E-state index contributed by atoms with van der Waals surface area (Å²) in [6.07, 6.45) is 4.12. The van der Waals surface area contributed by atoms with E-state index in [1.54, 1.807) is 6.33 Å². The molecule has 1 aliphatic rings. The predicted molar refractivity (Wildman–Crippen MR) is 90.4 cm³/mol. The second-order valence-electron chi connectivity index (χ2n) is 6.36. The van der Waals surface area contributed by atoms with Crippen molar-refractivity contribution in [2.45, 2.75) is 39.8 Å². The summed E-state index contributed by atoms with van der Waals surface area (Å²) in [4.78, 5) is 6.86. The molecule has 23 heavy (non-hydrogen) atoms. The Balaban J connectivity index is 1.51. The van der Waals surface area contributed by atoms with Crippen molar-refractivity contribution in [1.29, 1.82) is 0 Å². The van der Waals surface area contributed by atoms with Crippen LogP contribution in [0.25, 0.3) is 0 Å². The molecule has 1 saturated heterocycles. The van der Waals surface area contributed by atoms with E-state index in [1.807, 2.05) is 4.68 Å². The number of ether oxygens (including phenoxy) is 1. The van der Waals surface area contributed by atoms with E-state index in [4.69, 9.17) is 4.74 Å². The number of hydrogen-bond donors (Lipinski definition) is 0. The summed E-state index contributed by atoms with van der Waals surface area (Å²) in [6, 6.07) is 8.31. The van der Waals surface area contributed by atoms with Crippen LogP contribution < -0.4 is 4.74 Å². The number of likely N-dealkylation sites (tertiary alicyclic amines) is 1.